The van der Waals surface area contributed by atoms with Gasteiger partial charge in [0.2, 0.25) is 0 Å². The van der Waals surface area contributed by atoms with Crippen LogP contribution < -0.4 is 10.5 Å². The molecule has 0 radical (unpaired) electrons. The lowest BCUT2D eigenvalue weighted by Gasteiger charge is -2.24. The lowest BCUT2D eigenvalue weighted by atomic mass is 9.88. The predicted molar refractivity (Wildman–Crippen MR) is 57.9 cm³/mol. The molecule has 0 aliphatic heterocycles. The largest absolute Gasteiger partial charge is 0.495 e. The van der Waals surface area contributed by atoms with E-state index in [2.05, 4.69) is 6.07 Å². The van der Waals surface area contributed by atoms with Crippen LogP contribution in [0.2, 0.25) is 5.02 Å². The average Bonchev–Trinajstić information content (AvgIpc) is 2.18. The van der Waals surface area contributed by atoms with E-state index in [0.29, 0.717) is 5.02 Å². The summed E-state index contributed by atoms with van der Waals surface area (Å²) in [6, 6.07) is 4.06. The highest BCUT2D eigenvalue weighted by atomic mass is 35.5. The summed E-state index contributed by atoms with van der Waals surface area (Å²) in [6.07, 6.45) is 3.24. The first-order chi connectivity index (χ1) is 6.74. The van der Waals surface area contributed by atoms with Crippen LogP contribution in [0.25, 0.3) is 0 Å². The summed E-state index contributed by atoms with van der Waals surface area (Å²) in [5.74, 6) is 0.725. The summed E-state index contributed by atoms with van der Waals surface area (Å²) < 4.78 is 5.17. The summed E-state index contributed by atoms with van der Waals surface area (Å²) in [4.78, 5) is 0. The molecule has 14 heavy (non-hydrogen) atoms. The van der Waals surface area contributed by atoms with E-state index < -0.39 is 0 Å². The second-order valence-corrected chi connectivity index (χ2v) is 4.03. The molecule has 3 heteroatoms. The molecule has 0 unspecified atom stereocenters. The Labute approximate surface area is 89.0 Å². The number of ether oxygens (including phenoxy) is 1. The fourth-order valence-corrected chi connectivity index (χ4v) is 2.45. The molecule has 1 aliphatic carbocycles. The summed E-state index contributed by atoms with van der Waals surface area (Å²) in [5.41, 5.74) is 8.38. The van der Waals surface area contributed by atoms with Crippen molar-refractivity contribution in [2.45, 2.75) is 25.3 Å². The van der Waals surface area contributed by atoms with Crippen molar-refractivity contribution in [1.82, 2.24) is 0 Å². The minimum absolute atomic E-state index is 0.0707. The highest BCUT2D eigenvalue weighted by Gasteiger charge is 2.21. The summed E-state index contributed by atoms with van der Waals surface area (Å²) in [7, 11) is 1.63. The number of methoxy groups -OCH3 is 1. The minimum atomic E-state index is 0.0707. The van der Waals surface area contributed by atoms with Crippen molar-refractivity contribution >= 4 is 11.6 Å². The molecular formula is C11H14ClNO. The first kappa shape index (κ1) is 9.81. The lowest BCUT2D eigenvalue weighted by Crippen LogP contribution is -2.18. The Bertz CT molecular complexity index is 351. The van der Waals surface area contributed by atoms with Gasteiger partial charge in [-0.25, -0.2) is 0 Å². The second-order valence-electron chi connectivity index (χ2n) is 3.65. The molecule has 0 bridgehead atoms. The van der Waals surface area contributed by atoms with Crippen LogP contribution in [0.1, 0.15) is 30.0 Å². The monoisotopic (exact) mass is 211 g/mol. The van der Waals surface area contributed by atoms with Gasteiger partial charge in [-0.1, -0.05) is 17.7 Å². The Balaban J connectivity index is 2.54. The number of hydrogen-bond donors (Lipinski definition) is 1. The third-order valence-corrected chi connectivity index (χ3v) is 3.18. The summed E-state index contributed by atoms with van der Waals surface area (Å²) in [6.45, 7) is 0. The molecule has 2 nitrogen and oxygen atoms in total. The first-order valence-corrected chi connectivity index (χ1v) is 5.22. The molecule has 76 valence electrons. The van der Waals surface area contributed by atoms with Gasteiger partial charge in [0.15, 0.2) is 0 Å². The van der Waals surface area contributed by atoms with Crippen LogP contribution in [-0.2, 0) is 6.42 Å². The number of rotatable bonds is 1. The first-order valence-electron chi connectivity index (χ1n) is 4.85. The van der Waals surface area contributed by atoms with Crippen molar-refractivity contribution in [3.05, 3.63) is 28.3 Å². The number of benzene rings is 1. The fourth-order valence-electron chi connectivity index (χ4n) is 2.05. The number of nitrogens with two attached hydrogens (primary N) is 1. The van der Waals surface area contributed by atoms with Crippen molar-refractivity contribution in [1.29, 1.82) is 0 Å². The zero-order valence-electron chi connectivity index (χ0n) is 8.22. The van der Waals surface area contributed by atoms with Gasteiger partial charge in [0.1, 0.15) is 5.75 Å². The quantitative estimate of drug-likeness (QED) is 0.775. The average molecular weight is 212 g/mol. The van der Waals surface area contributed by atoms with E-state index in [1.807, 2.05) is 6.07 Å². The molecule has 0 heterocycles. The Morgan fingerprint density at radius 2 is 2.29 bits per heavy atom. The second kappa shape index (κ2) is 3.79. The summed E-state index contributed by atoms with van der Waals surface area (Å²) >= 11 is 6.22. The number of halogens is 1. The molecule has 1 aliphatic rings. The molecule has 1 atom stereocenters. The number of aryl methyl sites for hydroxylation is 1. The maximum atomic E-state index is 6.22. The smallest absolute Gasteiger partial charge is 0.137 e. The number of hydrogen-bond acceptors (Lipinski definition) is 2. The Morgan fingerprint density at radius 3 is 3.00 bits per heavy atom. The van der Waals surface area contributed by atoms with Crippen LogP contribution in [0.5, 0.6) is 5.75 Å². The van der Waals surface area contributed by atoms with Crippen molar-refractivity contribution in [3.8, 4) is 5.75 Å². The van der Waals surface area contributed by atoms with Crippen LogP contribution in [0.3, 0.4) is 0 Å². The van der Waals surface area contributed by atoms with E-state index >= 15 is 0 Å². The van der Waals surface area contributed by atoms with Crippen LogP contribution in [0, 0.1) is 0 Å². The van der Waals surface area contributed by atoms with Crippen LogP contribution in [0.4, 0.5) is 0 Å². The Morgan fingerprint density at radius 1 is 1.50 bits per heavy atom. The molecule has 0 amide bonds. The zero-order valence-corrected chi connectivity index (χ0v) is 8.97. The van der Waals surface area contributed by atoms with Crippen LogP contribution >= 0.6 is 11.6 Å². The fraction of sp³-hybridized carbons (Fsp3) is 0.455. The highest BCUT2D eigenvalue weighted by Crippen LogP contribution is 2.38. The van der Waals surface area contributed by atoms with Crippen molar-refractivity contribution in [3.63, 3.8) is 0 Å². The third-order valence-electron chi connectivity index (χ3n) is 2.79. The topological polar surface area (TPSA) is 35.2 Å². The minimum Gasteiger partial charge on any atom is -0.495 e. The van der Waals surface area contributed by atoms with Gasteiger partial charge in [0, 0.05) is 6.04 Å². The van der Waals surface area contributed by atoms with Gasteiger partial charge in [0.25, 0.3) is 0 Å². The van der Waals surface area contributed by atoms with Crippen molar-refractivity contribution in [2.75, 3.05) is 7.11 Å². The lowest BCUT2D eigenvalue weighted by molar-refractivity contribution is 0.412. The standard InChI is InChI=1S/C11H14ClNO/c1-14-9-6-5-7-3-2-4-8(13)10(7)11(9)12/h5-6,8H,2-4,13H2,1H3/t8-/m1/s1. The molecule has 0 aromatic heterocycles. The maximum Gasteiger partial charge on any atom is 0.137 e. The van der Waals surface area contributed by atoms with E-state index in [1.54, 1.807) is 7.11 Å². The molecule has 1 aromatic rings. The van der Waals surface area contributed by atoms with Crippen LogP contribution in [-0.4, -0.2) is 7.11 Å². The molecule has 0 saturated carbocycles. The predicted octanol–water partition coefficient (Wildman–Crippen LogP) is 2.68. The van der Waals surface area contributed by atoms with E-state index in [-0.39, 0.29) is 6.04 Å². The van der Waals surface area contributed by atoms with Gasteiger partial charge in [-0.3, -0.25) is 0 Å². The van der Waals surface area contributed by atoms with Gasteiger partial charge in [-0.15, -0.1) is 0 Å². The van der Waals surface area contributed by atoms with Gasteiger partial charge in [-0.2, -0.15) is 0 Å². The van der Waals surface area contributed by atoms with Crippen LogP contribution in [0.15, 0.2) is 12.1 Å². The van der Waals surface area contributed by atoms with Gasteiger partial charge in [-0.05, 0) is 36.5 Å². The molecule has 2 rings (SSSR count). The SMILES string of the molecule is COc1ccc2c(c1Cl)[C@H](N)CCC2. The Hall–Kier alpha value is -0.730. The number of fused-ring (bicyclic) bond motifs is 1. The molecule has 0 saturated heterocycles. The molecule has 0 spiro atoms. The molecular weight excluding hydrogens is 198 g/mol. The van der Waals surface area contributed by atoms with Crippen molar-refractivity contribution in [2.24, 2.45) is 5.73 Å². The molecule has 0 fully saturated rings. The van der Waals surface area contributed by atoms with E-state index in [4.69, 9.17) is 22.1 Å². The molecule has 2 N–H and O–H groups in total. The third kappa shape index (κ3) is 1.49. The molecule has 1 aromatic carbocycles. The van der Waals surface area contributed by atoms with Gasteiger partial charge < -0.3 is 10.5 Å². The van der Waals surface area contributed by atoms with E-state index in [9.17, 15) is 0 Å². The normalized spacial score (nSPS) is 20.4. The zero-order chi connectivity index (χ0) is 10.1. The Kier molecular flexibility index (Phi) is 2.66. The maximum absolute atomic E-state index is 6.22. The van der Waals surface area contributed by atoms with E-state index in [0.717, 1.165) is 30.6 Å². The van der Waals surface area contributed by atoms with Gasteiger partial charge in [0.05, 0.1) is 12.1 Å². The summed E-state index contributed by atoms with van der Waals surface area (Å²) in [5, 5.41) is 0.692. The van der Waals surface area contributed by atoms with Crippen molar-refractivity contribution < 1.29 is 4.74 Å². The van der Waals surface area contributed by atoms with Gasteiger partial charge >= 0.3 is 0 Å². The van der Waals surface area contributed by atoms with E-state index in [1.165, 1.54) is 5.56 Å². The highest BCUT2D eigenvalue weighted by molar-refractivity contribution is 6.33.